The van der Waals surface area contributed by atoms with E-state index in [1.807, 2.05) is 78.9 Å². The van der Waals surface area contributed by atoms with Crippen LogP contribution in [0.5, 0.6) is 0 Å². The molecule has 6 heteroatoms. The van der Waals surface area contributed by atoms with Gasteiger partial charge in [0.05, 0.1) is 13.2 Å². The Bertz CT molecular complexity index is 1030. The molecule has 172 valence electrons. The quantitative estimate of drug-likeness (QED) is 0.424. The standard InChI is InChI=1S/C27H31N3O3/c31-19-22-8-4-5-9-25(22)28-24-14-16-30(17-15-24)18-26(32)29-23-12-10-21(11-13-23)27(33)20-6-2-1-3-7-20/h1-13,24,27-28,31,33H,14-19H2,(H,29,32). The number of aliphatic hydroxyl groups excluding tert-OH is 2. The summed E-state index contributed by atoms with van der Waals surface area (Å²) in [5, 5.41) is 26.5. The van der Waals surface area contributed by atoms with Gasteiger partial charge in [-0.05, 0) is 42.2 Å². The van der Waals surface area contributed by atoms with E-state index in [2.05, 4.69) is 15.5 Å². The molecule has 0 bridgehead atoms. The first-order valence-corrected chi connectivity index (χ1v) is 11.4. The SMILES string of the molecule is O=C(CN1CCC(Nc2ccccc2CO)CC1)Nc1ccc(C(O)c2ccccc2)cc1. The number of para-hydroxylation sites is 1. The molecule has 0 radical (unpaired) electrons. The minimum absolute atomic E-state index is 0.0222. The highest BCUT2D eigenvalue weighted by Crippen LogP contribution is 2.23. The predicted molar refractivity (Wildman–Crippen MR) is 131 cm³/mol. The van der Waals surface area contributed by atoms with Crippen molar-refractivity contribution in [2.75, 3.05) is 30.3 Å². The number of hydrogen-bond acceptors (Lipinski definition) is 5. The highest BCUT2D eigenvalue weighted by Gasteiger charge is 2.21. The van der Waals surface area contributed by atoms with E-state index < -0.39 is 6.10 Å². The topological polar surface area (TPSA) is 84.8 Å². The Balaban J connectivity index is 1.23. The maximum Gasteiger partial charge on any atom is 0.238 e. The minimum atomic E-state index is -0.685. The normalized spacial score (nSPS) is 15.7. The fraction of sp³-hybridized carbons (Fsp3) is 0.296. The number of hydrogen-bond donors (Lipinski definition) is 4. The molecule has 4 N–H and O–H groups in total. The number of carbonyl (C=O) groups is 1. The van der Waals surface area contributed by atoms with Gasteiger partial charge in [-0.15, -0.1) is 0 Å². The van der Waals surface area contributed by atoms with Crippen molar-refractivity contribution < 1.29 is 15.0 Å². The van der Waals surface area contributed by atoms with E-state index in [0.29, 0.717) is 12.6 Å². The lowest BCUT2D eigenvalue weighted by Gasteiger charge is -2.32. The van der Waals surface area contributed by atoms with E-state index in [1.165, 1.54) is 0 Å². The van der Waals surface area contributed by atoms with Crippen molar-refractivity contribution in [3.63, 3.8) is 0 Å². The van der Waals surface area contributed by atoms with Crippen molar-refractivity contribution in [2.45, 2.75) is 31.6 Å². The molecule has 1 aliphatic heterocycles. The van der Waals surface area contributed by atoms with Gasteiger partial charge in [0.1, 0.15) is 6.10 Å². The Labute approximate surface area is 194 Å². The molecule has 33 heavy (non-hydrogen) atoms. The van der Waals surface area contributed by atoms with Crippen molar-refractivity contribution in [1.82, 2.24) is 4.90 Å². The van der Waals surface area contributed by atoms with Crippen molar-refractivity contribution in [3.05, 3.63) is 95.6 Å². The van der Waals surface area contributed by atoms with E-state index >= 15 is 0 Å². The summed E-state index contributed by atoms with van der Waals surface area (Å²) in [5.74, 6) is -0.0385. The fourth-order valence-corrected chi connectivity index (χ4v) is 4.23. The van der Waals surface area contributed by atoms with Crippen molar-refractivity contribution in [3.8, 4) is 0 Å². The van der Waals surface area contributed by atoms with Crippen LogP contribution in [-0.4, -0.2) is 46.7 Å². The van der Waals surface area contributed by atoms with Gasteiger partial charge < -0.3 is 20.8 Å². The van der Waals surface area contributed by atoms with Crippen molar-refractivity contribution in [1.29, 1.82) is 0 Å². The molecule has 3 aromatic carbocycles. The zero-order chi connectivity index (χ0) is 23.0. The number of aliphatic hydroxyl groups is 2. The number of carbonyl (C=O) groups excluding carboxylic acids is 1. The molecule has 1 fully saturated rings. The van der Waals surface area contributed by atoms with Gasteiger partial charge in [-0.1, -0.05) is 60.7 Å². The summed E-state index contributed by atoms with van der Waals surface area (Å²) in [4.78, 5) is 14.7. The molecule has 0 saturated carbocycles. The lowest BCUT2D eigenvalue weighted by Crippen LogP contribution is -2.42. The second kappa shape index (κ2) is 11.1. The monoisotopic (exact) mass is 445 g/mol. The first-order chi connectivity index (χ1) is 16.1. The average Bonchev–Trinajstić information content (AvgIpc) is 2.86. The molecule has 1 atom stereocenters. The highest BCUT2D eigenvalue weighted by atomic mass is 16.3. The van der Waals surface area contributed by atoms with Crippen LogP contribution in [0.2, 0.25) is 0 Å². The molecule has 0 spiro atoms. The van der Waals surface area contributed by atoms with Crippen LogP contribution in [0.25, 0.3) is 0 Å². The molecule has 4 rings (SSSR count). The fourth-order valence-electron chi connectivity index (χ4n) is 4.23. The maximum atomic E-state index is 12.5. The molecule has 3 aromatic rings. The summed E-state index contributed by atoms with van der Waals surface area (Å²) in [6.07, 6.45) is 1.20. The zero-order valence-corrected chi connectivity index (χ0v) is 18.7. The summed E-state index contributed by atoms with van der Waals surface area (Å²) in [6.45, 7) is 2.06. The van der Waals surface area contributed by atoms with Gasteiger partial charge in [0.15, 0.2) is 0 Å². The van der Waals surface area contributed by atoms with Gasteiger partial charge in [0.25, 0.3) is 0 Å². The van der Waals surface area contributed by atoms with Crippen LogP contribution in [0.4, 0.5) is 11.4 Å². The van der Waals surface area contributed by atoms with Crippen LogP contribution in [0.15, 0.2) is 78.9 Å². The molecule has 0 aromatic heterocycles. The van der Waals surface area contributed by atoms with Gasteiger partial charge in [-0.2, -0.15) is 0 Å². The van der Waals surface area contributed by atoms with Crippen LogP contribution >= 0.6 is 0 Å². The van der Waals surface area contributed by atoms with Crippen LogP contribution in [0.3, 0.4) is 0 Å². The number of rotatable bonds is 8. The van der Waals surface area contributed by atoms with E-state index in [1.54, 1.807) is 0 Å². The van der Waals surface area contributed by atoms with Gasteiger partial charge in [-0.3, -0.25) is 9.69 Å². The minimum Gasteiger partial charge on any atom is -0.392 e. The lowest BCUT2D eigenvalue weighted by molar-refractivity contribution is -0.117. The third-order valence-corrected chi connectivity index (χ3v) is 6.13. The number of likely N-dealkylation sites (tertiary alicyclic amines) is 1. The Hall–Kier alpha value is -3.19. The number of anilines is 2. The smallest absolute Gasteiger partial charge is 0.238 e. The number of nitrogens with one attached hydrogen (secondary N) is 2. The molecule has 1 amide bonds. The first kappa shape index (κ1) is 23.0. The summed E-state index contributed by atoms with van der Waals surface area (Å²) in [6, 6.07) is 25.0. The Kier molecular flexibility index (Phi) is 7.73. The van der Waals surface area contributed by atoms with Crippen LogP contribution in [-0.2, 0) is 11.4 Å². The van der Waals surface area contributed by atoms with Gasteiger partial charge in [0.2, 0.25) is 5.91 Å². The third kappa shape index (κ3) is 6.20. The summed E-state index contributed by atoms with van der Waals surface area (Å²) < 4.78 is 0. The molecule has 6 nitrogen and oxygen atoms in total. The molecule has 1 saturated heterocycles. The van der Waals surface area contributed by atoms with E-state index in [-0.39, 0.29) is 12.5 Å². The van der Waals surface area contributed by atoms with E-state index in [4.69, 9.17) is 0 Å². The Morgan fingerprint density at radius 2 is 1.55 bits per heavy atom. The predicted octanol–water partition coefficient (Wildman–Crippen LogP) is 3.78. The van der Waals surface area contributed by atoms with Crippen LogP contribution < -0.4 is 10.6 Å². The number of piperidine rings is 1. The van der Waals surface area contributed by atoms with Gasteiger partial charge in [-0.25, -0.2) is 0 Å². The first-order valence-electron chi connectivity index (χ1n) is 11.4. The zero-order valence-electron chi connectivity index (χ0n) is 18.7. The van der Waals surface area contributed by atoms with Crippen LogP contribution in [0, 0.1) is 0 Å². The van der Waals surface area contributed by atoms with E-state index in [9.17, 15) is 15.0 Å². The van der Waals surface area contributed by atoms with Crippen molar-refractivity contribution >= 4 is 17.3 Å². The number of benzene rings is 3. The average molecular weight is 446 g/mol. The Morgan fingerprint density at radius 1 is 0.909 bits per heavy atom. The second-order valence-electron chi connectivity index (χ2n) is 8.49. The molecular formula is C27H31N3O3. The molecule has 0 aliphatic carbocycles. The summed E-state index contributed by atoms with van der Waals surface area (Å²) in [7, 11) is 0. The third-order valence-electron chi connectivity index (χ3n) is 6.13. The van der Waals surface area contributed by atoms with Gasteiger partial charge in [0, 0.05) is 36.1 Å². The second-order valence-corrected chi connectivity index (χ2v) is 8.49. The lowest BCUT2D eigenvalue weighted by atomic mass is 10.0. The molecule has 1 aliphatic rings. The number of nitrogens with zero attached hydrogens (tertiary/aromatic N) is 1. The highest BCUT2D eigenvalue weighted by molar-refractivity contribution is 5.92. The van der Waals surface area contributed by atoms with Crippen molar-refractivity contribution in [2.24, 2.45) is 0 Å². The molecule has 1 heterocycles. The molecule has 1 unspecified atom stereocenters. The maximum absolute atomic E-state index is 12.5. The largest absolute Gasteiger partial charge is 0.392 e. The Morgan fingerprint density at radius 3 is 2.24 bits per heavy atom. The number of amides is 1. The molecular weight excluding hydrogens is 414 g/mol. The van der Waals surface area contributed by atoms with E-state index in [0.717, 1.165) is 54.0 Å². The van der Waals surface area contributed by atoms with Crippen LogP contribution in [0.1, 0.15) is 35.6 Å². The van der Waals surface area contributed by atoms with Gasteiger partial charge >= 0.3 is 0 Å². The summed E-state index contributed by atoms with van der Waals surface area (Å²) >= 11 is 0. The summed E-state index contributed by atoms with van der Waals surface area (Å²) in [5.41, 5.74) is 4.24.